The first-order chi connectivity index (χ1) is 8.52. The highest BCUT2D eigenvalue weighted by Crippen LogP contribution is 2.22. The summed E-state index contributed by atoms with van der Waals surface area (Å²) in [4.78, 5) is 30.0. The number of rotatable bonds is 2. The van der Waals surface area contributed by atoms with E-state index in [-0.39, 0.29) is 5.56 Å². The Morgan fingerprint density at radius 2 is 2.22 bits per heavy atom. The molecule has 2 aromatic rings. The molecule has 2 rings (SSSR count). The number of carbonyl (C=O) groups excluding carboxylic acids is 1. The normalized spacial score (nSPS) is 10.6. The van der Waals surface area contributed by atoms with Crippen LogP contribution in [0, 0.1) is 6.92 Å². The summed E-state index contributed by atoms with van der Waals surface area (Å²) in [6.45, 7) is 3.66. The number of aromatic nitrogens is 2. The van der Waals surface area contributed by atoms with E-state index in [1.54, 1.807) is 26.0 Å². The minimum atomic E-state index is -0.437. The summed E-state index contributed by atoms with van der Waals surface area (Å²) in [5, 5.41) is 0. The lowest BCUT2D eigenvalue weighted by molar-refractivity contribution is 0.0525. The molecule has 0 saturated heterocycles. The zero-order chi connectivity index (χ0) is 13.3. The van der Waals surface area contributed by atoms with Crippen LogP contribution in [0.4, 0.5) is 0 Å². The highest BCUT2D eigenvalue weighted by molar-refractivity contribution is 9.10. The predicted molar refractivity (Wildman–Crippen MR) is 70.8 cm³/mol. The molecule has 94 valence electrons. The Kier molecular flexibility index (Phi) is 3.47. The quantitative estimate of drug-likeness (QED) is 0.863. The highest BCUT2D eigenvalue weighted by atomic mass is 79.9. The Morgan fingerprint density at radius 1 is 1.50 bits per heavy atom. The van der Waals surface area contributed by atoms with Gasteiger partial charge in [0.1, 0.15) is 5.69 Å². The smallest absolute Gasteiger partial charge is 0.339 e. The zero-order valence-electron chi connectivity index (χ0n) is 9.91. The Balaban J connectivity index is 2.64. The first-order valence-electron chi connectivity index (χ1n) is 5.40. The van der Waals surface area contributed by atoms with E-state index in [2.05, 4.69) is 25.9 Å². The molecule has 0 radical (unpaired) electrons. The molecule has 0 aliphatic rings. The van der Waals surface area contributed by atoms with Crippen LogP contribution < -0.4 is 5.56 Å². The van der Waals surface area contributed by atoms with Crippen LogP contribution in [-0.2, 0) is 4.74 Å². The lowest BCUT2D eigenvalue weighted by Gasteiger charge is -2.06. The number of ether oxygens (including phenoxy) is 1. The van der Waals surface area contributed by atoms with Crippen molar-refractivity contribution >= 4 is 32.9 Å². The van der Waals surface area contributed by atoms with Gasteiger partial charge in [-0.05, 0) is 41.9 Å². The third-order valence-electron chi connectivity index (χ3n) is 2.45. The SMILES string of the molecule is CCOC(=O)c1cc2[nH]c(=O)c(C)nc2cc1Br. The van der Waals surface area contributed by atoms with Gasteiger partial charge in [-0.15, -0.1) is 0 Å². The zero-order valence-corrected chi connectivity index (χ0v) is 11.5. The predicted octanol–water partition coefficient (Wildman–Crippen LogP) is 2.17. The molecule has 0 amide bonds. The largest absolute Gasteiger partial charge is 0.462 e. The van der Waals surface area contributed by atoms with Gasteiger partial charge in [0.2, 0.25) is 0 Å². The van der Waals surface area contributed by atoms with Crippen molar-refractivity contribution in [3.63, 3.8) is 0 Å². The Hall–Kier alpha value is -1.69. The number of halogens is 1. The fourth-order valence-corrected chi connectivity index (χ4v) is 2.06. The van der Waals surface area contributed by atoms with Gasteiger partial charge in [0.15, 0.2) is 0 Å². The van der Waals surface area contributed by atoms with E-state index in [1.165, 1.54) is 0 Å². The fourth-order valence-electron chi connectivity index (χ4n) is 1.56. The van der Waals surface area contributed by atoms with Crippen molar-refractivity contribution in [3.05, 3.63) is 38.2 Å². The molecule has 1 N–H and O–H groups in total. The second-order valence-corrected chi connectivity index (χ2v) is 4.58. The summed E-state index contributed by atoms with van der Waals surface area (Å²) in [7, 11) is 0. The Morgan fingerprint density at radius 3 is 2.89 bits per heavy atom. The minimum Gasteiger partial charge on any atom is -0.462 e. The number of nitrogens with one attached hydrogen (secondary N) is 1. The average molecular weight is 311 g/mol. The summed E-state index contributed by atoms with van der Waals surface area (Å²) in [5.74, 6) is -0.437. The van der Waals surface area contributed by atoms with Crippen LogP contribution in [0.15, 0.2) is 21.4 Å². The maximum atomic E-state index is 11.7. The van der Waals surface area contributed by atoms with Gasteiger partial charge in [0, 0.05) is 4.47 Å². The van der Waals surface area contributed by atoms with Crippen molar-refractivity contribution in [2.24, 2.45) is 0 Å². The fraction of sp³-hybridized carbons (Fsp3) is 0.250. The van der Waals surface area contributed by atoms with Gasteiger partial charge in [-0.3, -0.25) is 4.79 Å². The lowest BCUT2D eigenvalue weighted by atomic mass is 10.2. The molecule has 1 aromatic carbocycles. The van der Waals surface area contributed by atoms with Crippen molar-refractivity contribution in [1.82, 2.24) is 9.97 Å². The van der Waals surface area contributed by atoms with Crippen molar-refractivity contribution in [1.29, 1.82) is 0 Å². The van der Waals surface area contributed by atoms with E-state index in [1.807, 2.05) is 0 Å². The first kappa shape index (κ1) is 12.8. The lowest BCUT2D eigenvalue weighted by Crippen LogP contribution is -2.12. The number of H-pyrrole nitrogens is 1. The molecular weight excluding hydrogens is 300 g/mol. The number of fused-ring (bicyclic) bond motifs is 1. The summed E-state index contributed by atoms with van der Waals surface area (Å²) in [6, 6.07) is 3.25. The summed E-state index contributed by atoms with van der Waals surface area (Å²) < 4.78 is 5.52. The molecular formula is C12H11BrN2O3. The molecule has 1 aromatic heterocycles. The molecule has 1 heterocycles. The van der Waals surface area contributed by atoms with E-state index in [0.29, 0.717) is 33.4 Å². The number of aryl methyl sites for hydroxylation is 1. The van der Waals surface area contributed by atoms with Crippen molar-refractivity contribution < 1.29 is 9.53 Å². The number of esters is 1. The first-order valence-corrected chi connectivity index (χ1v) is 6.19. The summed E-state index contributed by atoms with van der Waals surface area (Å²) in [5.41, 5.74) is 1.62. The van der Waals surface area contributed by atoms with Gasteiger partial charge >= 0.3 is 5.97 Å². The van der Waals surface area contributed by atoms with Crippen LogP contribution >= 0.6 is 15.9 Å². The van der Waals surface area contributed by atoms with Crippen molar-refractivity contribution in [2.45, 2.75) is 13.8 Å². The number of benzene rings is 1. The van der Waals surface area contributed by atoms with E-state index in [4.69, 9.17) is 4.74 Å². The maximum Gasteiger partial charge on any atom is 0.339 e. The van der Waals surface area contributed by atoms with Crippen LogP contribution in [0.25, 0.3) is 11.0 Å². The van der Waals surface area contributed by atoms with E-state index in [9.17, 15) is 9.59 Å². The van der Waals surface area contributed by atoms with Crippen LogP contribution in [0.3, 0.4) is 0 Å². The van der Waals surface area contributed by atoms with Gasteiger partial charge in [0.05, 0.1) is 23.2 Å². The number of hydrogen-bond acceptors (Lipinski definition) is 4. The van der Waals surface area contributed by atoms with E-state index in [0.717, 1.165) is 0 Å². The van der Waals surface area contributed by atoms with Gasteiger partial charge in [-0.25, -0.2) is 9.78 Å². The third-order valence-corrected chi connectivity index (χ3v) is 3.10. The van der Waals surface area contributed by atoms with Crippen LogP contribution in [0.2, 0.25) is 0 Å². The van der Waals surface area contributed by atoms with Crippen LogP contribution in [0.1, 0.15) is 23.0 Å². The average Bonchev–Trinajstić information content (AvgIpc) is 2.31. The minimum absolute atomic E-state index is 0.264. The number of aromatic amines is 1. The maximum absolute atomic E-state index is 11.7. The van der Waals surface area contributed by atoms with Gasteiger partial charge < -0.3 is 9.72 Å². The topological polar surface area (TPSA) is 72.1 Å². The van der Waals surface area contributed by atoms with Gasteiger partial charge in [-0.1, -0.05) is 0 Å². The Labute approximate surface area is 111 Å². The van der Waals surface area contributed by atoms with Crippen LogP contribution in [-0.4, -0.2) is 22.5 Å². The van der Waals surface area contributed by atoms with Crippen LogP contribution in [0.5, 0.6) is 0 Å². The summed E-state index contributed by atoms with van der Waals surface area (Å²) in [6.07, 6.45) is 0. The highest BCUT2D eigenvalue weighted by Gasteiger charge is 2.13. The van der Waals surface area contributed by atoms with Gasteiger partial charge in [-0.2, -0.15) is 0 Å². The molecule has 0 aliphatic carbocycles. The van der Waals surface area contributed by atoms with Gasteiger partial charge in [0.25, 0.3) is 5.56 Å². The van der Waals surface area contributed by atoms with Crippen molar-refractivity contribution in [2.75, 3.05) is 6.61 Å². The number of nitrogens with zero attached hydrogens (tertiary/aromatic N) is 1. The molecule has 0 atom stereocenters. The molecule has 5 nitrogen and oxygen atoms in total. The number of carbonyl (C=O) groups is 1. The number of hydrogen-bond donors (Lipinski definition) is 1. The molecule has 0 aliphatic heterocycles. The molecule has 0 saturated carbocycles. The third kappa shape index (κ3) is 2.28. The molecule has 0 spiro atoms. The monoisotopic (exact) mass is 310 g/mol. The van der Waals surface area contributed by atoms with E-state index >= 15 is 0 Å². The van der Waals surface area contributed by atoms with E-state index < -0.39 is 5.97 Å². The van der Waals surface area contributed by atoms with Crippen molar-refractivity contribution in [3.8, 4) is 0 Å². The second kappa shape index (κ2) is 4.89. The Bertz CT molecular complexity index is 679. The molecule has 6 heteroatoms. The molecule has 0 unspecified atom stereocenters. The molecule has 18 heavy (non-hydrogen) atoms. The summed E-state index contributed by atoms with van der Waals surface area (Å²) >= 11 is 3.30. The molecule has 0 fully saturated rings. The second-order valence-electron chi connectivity index (χ2n) is 3.72. The standard InChI is InChI=1S/C12H11BrN2O3/c1-3-18-12(17)7-4-9-10(5-8(7)13)14-6(2)11(16)15-9/h4-5H,3H2,1-2H3,(H,15,16). The molecule has 0 bridgehead atoms.